The van der Waals surface area contributed by atoms with Crippen LogP contribution in [0.5, 0.6) is 11.5 Å². The van der Waals surface area contributed by atoms with E-state index in [0.717, 1.165) is 52.0 Å². The van der Waals surface area contributed by atoms with Gasteiger partial charge in [-0.05, 0) is 30.0 Å². The molecule has 4 heterocycles. The Bertz CT molecular complexity index is 1650. The van der Waals surface area contributed by atoms with Gasteiger partial charge in [-0.15, -0.1) is 40.8 Å². The molecule has 0 atom stereocenters. The molecule has 3 aromatic heterocycles. The predicted molar refractivity (Wildman–Crippen MR) is 128 cm³/mol. The second kappa shape index (κ2) is 8.26. The summed E-state index contributed by atoms with van der Waals surface area (Å²) in [4.78, 5) is 9.10. The topological polar surface area (TPSA) is 44.9 Å². The Kier molecular flexibility index (Phi) is 5.08. The first kappa shape index (κ1) is 20.9. The molecule has 0 N–H and O–H groups in total. The zero-order valence-electron chi connectivity index (χ0n) is 18.0. The third-order valence-corrected chi connectivity index (χ3v) is 6.22. The van der Waals surface area contributed by atoms with Crippen LogP contribution in [0.1, 0.15) is 5.56 Å². The standard InChI is InChI=1S/C28H18N4O.Pt/c1-2-6-25-22(5-1)23-11-10-21(18-26(23)32(25)27-7-3-4-13-29-27)33-20-9-8-19-12-15-31-16-14-30-28(31)24(19)17-20;/h1-11,13-14,16H,12,15H2;/q-2;+2. The van der Waals surface area contributed by atoms with Crippen LogP contribution in [0.25, 0.3) is 39.0 Å². The molecule has 0 fully saturated rings. The Balaban J connectivity index is 0.00000217. The number of rotatable bonds is 3. The number of hydrogen-bond donors (Lipinski definition) is 0. The molecule has 0 radical (unpaired) electrons. The third kappa shape index (κ3) is 3.27. The van der Waals surface area contributed by atoms with E-state index in [2.05, 4.69) is 61.6 Å². The van der Waals surface area contributed by atoms with Crippen molar-refractivity contribution in [2.75, 3.05) is 0 Å². The van der Waals surface area contributed by atoms with E-state index in [1.807, 2.05) is 55.0 Å². The van der Waals surface area contributed by atoms with Crippen molar-refractivity contribution >= 4 is 21.8 Å². The second-order valence-corrected chi connectivity index (χ2v) is 8.14. The largest absolute Gasteiger partial charge is 2.00 e. The molecule has 6 aromatic rings. The quantitative estimate of drug-likeness (QED) is 0.228. The fourth-order valence-electron chi connectivity index (χ4n) is 4.71. The van der Waals surface area contributed by atoms with Crippen molar-refractivity contribution in [2.24, 2.45) is 0 Å². The third-order valence-electron chi connectivity index (χ3n) is 6.22. The van der Waals surface area contributed by atoms with E-state index in [-0.39, 0.29) is 21.1 Å². The van der Waals surface area contributed by atoms with E-state index in [1.165, 1.54) is 5.56 Å². The summed E-state index contributed by atoms with van der Waals surface area (Å²) in [5.41, 5.74) is 4.27. The number of nitrogens with zero attached hydrogens (tertiary/aromatic N) is 4. The van der Waals surface area contributed by atoms with Gasteiger partial charge in [-0.3, -0.25) is 4.98 Å². The molecule has 1 aliphatic heterocycles. The van der Waals surface area contributed by atoms with Gasteiger partial charge < -0.3 is 13.9 Å². The van der Waals surface area contributed by atoms with Crippen LogP contribution in [-0.4, -0.2) is 19.1 Å². The van der Waals surface area contributed by atoms with Crippen LogP contribution < -0.4 is 4.74 Å². The van der Waals surface area contributed by atoms with Crippen LogP contribution >= 0.6 is 0 Å². The molecule has 34 heavy (non-hydrogen) atoms. The monoisotopic (exact) mass is 621 g/mol. The number of aryl methyl sites for hydroxylation is 2. The summed E-state index contributed by atoms with van der Waals surface area (Å²) < 4.78 is 10.5. The van der Waals surface area contributed by atoms with Gasteiger partial charge >= 0.3 is 21.1 Å². The number of para-hydroxylation sites is 1. The summed E-state index contributed by atoms with van der Waals surface area (Å²) >= 11 is 0. The summed E-state index contributed by atoms with van der Waals surface area (Å²) in [6.07, 6.45) is 6.63. The Morgan fingerprint density at radius 2 is 1.65 bits per heavy atom. The van der Waals surface area contributed by atoms with Gasteiger partial charge in [0.05, 0.1) is 5.82 Å². The Morgan fingerprint density at radius 1 is 0.794 bits per heavy atom. The molecule has 0 unspecified atom stereocenters. The summed E-state index contributed by atoms with van der Waals surface area (Å²) in [6, 6.07) is 29.3. The average molecular weight is 622 g/mol. The molecule has 1 aliphatic rings. The molecule has 3 aromatic carbocycles. The number of fused-ring (bicyclic) bond motifs is 6. The molecule has 0 saturated carbocycles. The van der Waals surface area contributed by atoms with Crippen LogP contribution in [0, 0.1) is 12.1 Å². The van der Waals surface area contributed by atoms with E-state index in [1.54, 1.807) is 0 Å². The van der Waals surface area contributed by atoms with Crippen molar-refractivity contribution in [3.63, 3.8) is 0 Å². The van der Waals surface area contributed by atoms with E-state index in [0.29, 0.717) is 11.5 Å². The summed E-state index contributed by atoms with van der Waals surface area (Å²) in [6.45, 7) is 0.943. The van der Waals surface area contributed by atoms with Crippen LogP contribution in [0.3, 0.4) is 0 Å². The SMILES string of the molecule is [Pt+2].[c-]1c(Oc2[c-]c3c(cc2)c2ccccc2n3-c2ccccn2)ccc2c1-c1nccn1CC2. The molecular weight excluding hydrogens is 603 g/mol. The minimum atomic E-state index is 0. The van der Waals surface area contributed by atoms with Crippen LogP contribution in [0.2, 0.25) is 0 Å². The van der Waals surface area contributed by atoms with Crippen molar-refractivity contribution < 1.29 is 25.8 Å². The van der Waals surface area contributed by atoms with Crippen LogP contribution in [0.4, 0.5) is 0 Å². The van der Waals surface area contributed by atoms with Crippen LogP contribution in [0.15, 0.2) is 85.3 Å². The number of aromatic nitrogens is 4. The minimum absolute atomic E-state index is 0. The normalized spacial score (nSPS) is 12.2. The fourth-order valence-corrected chi connectivity index (χ4v) is 4.71. The van der Waals surface area contributed by atoms with Gasteiger partial charge in [0.1, 0.15) is 5.82 Å². The molecule has 0 amide bonds. The van der Waals surface area contributed by atoms with Crippen molar-refractivity contribution in [3.8, 4) is 28.7 Å². The average Bonchev–Trinajstić information content (AvgIpc) is 3.47. The number of pyridine rings is 1. The molecule has 166 valence electrons. The maximum Gasteiger partial charge on any atom is 2.00 e. The number of imidazole rings is 1. The molecule has 7 rings (SSSR count). The van der Waals surface area contributed by atoms with Crippen molar-refractivity contribution in [3.05, 3.63) is 103 Å². The first-order chi connectivity index (χ1) is 16.3. The molecule has 0 bridgehead atoms. The van der Waals surface area contributed by atoms with Gasteiger partial charge in [0, 0.05) is 42.2 Å². The number of ether oxygens (including phenoxy) is 1. The van der Waals surface area contributed by atoms with E-state index >= 15 is 0 Å². The number of hydrogen-bond acceptors (Lipinski definition) is 3. The van der Waals surface area contributed by atoms with Crippen molar-refractivity contribution in [1.82, 2.24) is 19.1 Å². The van der Waals surface area contributed by atoms with E-state index < -0.39 is 0 Å². The maximum atomic E-state index is 6.25. The van der Waals surface area contributed by atoms with Gasteiger partial charge in [-0.1, -0.05) is 35.8 Å². The van der Waals surface area contributed by atoms with Crippen LogP contribution in [-0.2, 0) is 34.0 Å². The molecular formula is C28H18N4OPt. The fraction of sp³-hybridized carbons (Fsp3) is 0.0714. The molecule has 6 heteroatoms. The molecule has 5 nitrogen and oxygen atoms in total. The Morgan fingerprint density at radius 3 is 2.56 bits per heavy atom. The summed E-state index contributed by atoms with van der Waals surface area (Å²) in [5.74, 6) is 3.08. The van der Waals surface area contributed by atoms with Crippen molar-refractivity contribution in [2.45, 2.75) is 13.0 Å². The van der Waals surface area contributed by atoms with Crippen molar-refractivity contribution in [1.29, 1.82) is 0 Å². The van der Waals surface area contributed by atoms with Gasteiger partial charge in [0.15, 0.2) is 0 Å². The van der Waals surface area contributed by atoms with Gasteiger partial charge in [-0.2, -0.15) is 6.07 Å². The smallest absolute Gasteiger partial charge is 0.503 e. The molecule has 0 saturated heterocycles. The van der Waals surface area contributed by atoms with Gasteiger partial charge in [0.25, 0.3) is 0 Å². The predicted octanol–water partition coefficient (Wildman–Crippen LogP) is 5.99. The molecule has 0 spiro atoms. The Hall–Kier alpha value is -3.69. The zero-order chi connectivity index (χ0) is 21.8. The maximum absolute atomic E-state index is 6.25. The van der Waals surface area contributed by atoms with Gasteiger partial charge in [0.2, 0.25) is 0 Å². The Labute approximate surface area is 210 Å². The zero-order valence-corrected chi connectivity index (χ0v) is 20.3. The minimum Gasteiger partial charge on any atom is -0.503 e. The first-order valence-electron chi connectivity index (χ1n) is 11.0. The molecule has 0 aliphatic carbocycles. The van der Waals surface area contributed by atoms with E-state index in [9.17, 15) is 0 Å². The second-order valence-electron chi connectivity index (χ2n) is 8.14. The summed E-state index contributed by atoms with van der Waals surface area (Å²) in [7, 11) is 0. The number of benzene rings is 3. The summed E-state index contributed by atoms with van der Waals surface area (Å²) in [5, 5.41) is 2.27. The van der Waals surface area contributed by atoms with Gasteiger partial charge in [-0.25, -0.2) is 4.98 Å². The first-order valence-corrected chi connectivity index (χ1v) is 11.0. The van der Waals surface area contributed by atoms with E-state index in [4.69, 9.17) is 4.74 Å².